The number of pyridine rings is 1. The molecule has 0 saturated heterocycles. The van der Waals surface area contributed by atoms with Crippen LogP contribution in [0.3, 0.4) is 0 Å². The number of nitrogens with one attached hydrogen (secondary N) is 1. The maximum atomic E-state index is 13.6. The molecule has 162 valence electrons. The van der Waals surface area contributed by atoms with E-state index in [4.69, 9.17) is 9.47 Å². The van der Waals surface area contributed by atoms with Crippen LogP contribution in [0.15, 0.2) is 77.6 Å². The van der Waals surface area contributed by atoms with E-state index in [0.717, 1.165) is 16.5 Å². The second-order valence-corrected chi connectivity index (χ2v) is 7.45. The molecule has 0 saturated carbocycles. The van der Waals surface area contributed by atoms with Gasteiger partial charge in [0.05, 0.1) is 31.8 Å². The third-order valence-corrected chi connectivity index (χ3v) is 5.46. The predicted octanol–water partition coefficient (Wildman–Crippen LogP) is 4.70. The van der Waals surface area contributed by atoms with Gasteiger partial charge in [-0.15, -0.1) is 0 Å². The number of hydrogen-bond donors (Lipinski definition) is 1. The van der Waals surface area contributed by atoms with E-state index in [1.54, 1.807) is 54.5 Å². The highest BCUT2D eigenvalue weighted by Crippen LogP contribution is 2.27. The number of H-pyrrole nitrogens is 1. The SMILES string of the molecule is COc1ccc(N(Cc2cc3cccc(C)c3[nH]c2=O)C(=O)c2ccccc2OC)cc1. The van der Waals surface area contributed by atoms with Crippen molar-refractivity contribution in [2.24, 2.45) is 0 Å². The lowest BCUT2D eigenvalue weighted by Crippen LogP contribution is -2.33. The predicted molar refractivity (Wildman–Crippen MR) is 126 cm³/mol. The van der Waals surface area contributed by atoms with E-state index in [0.29, 0.717) is 28.3 Å². The Morgan fingerprint density at radius 2 is 1.69 bits per heavy atom. The van der Waals surface area contributed by atoms with Crippen LogP contribution in [-0.4, -0.2) is 25.1 Å². The molecule has 0 radical (unpaired) electrons. The van der Waals surface area contributed by atoms with E-state index >= 15 is 0 Å². The number of aromatic nitrogens is 1. The van der Waals surface area contributed by atoms with Crippen LogP contribution in [0.1, 0.15) is 21.5 Å². The normalized spacial score (nSPS) is 10.7. The number of benzene rings is 3. The molecule has 0 aliphatic heterocycles. The second-order valence-electron chi connectivity index (χ2n) is 7.45. The molecule has 3 aromatic carbocycles. The summed E-state index contributed by atoms with van der Waals surface area (Å²) in [5, 5.41) is 0.916. The van der Waals surface area contributed by atoms with Crippen molar-refractivity contribution in [1.82, 2.24) is 4.98 Å². The molecule has 0 atom stereocenters. The lowest BCUT2D eigenvalue weighted by molar-refractivity contribution is 0.0982. The number of ether oxygens (including phenoxy) is 2. The van der Waals surface area contributed by atoms with Crippen LogP contribution >= 0.6 is 0 Å². The summed E-state index contributed by atoms with van der Waals surface area (Å²) in [7, 11) is 3.11. The van der Waals surface area contributed by atoms with Crippen molar-refractivity contribution < 1.29 is 14.3 Å². The van der Waals surface area contributed by atoms with Gasteiger partial charge in [-0.1, -0.05) is 30.3 Å². The van der Waals surface area contributed by atoms with Crippen LogP contribution < -0.4 is 19.9 Å². The monoisotopic (exact) mass is 428 g/mol. The van der Waals surface area contributed by atoms with Crippen LogP contribution in [0.25, 0.3) is 10.9 Å². The van der Waals surface area contributed by atoms with Crippen molar-refractivity contribution in [3.63, 3.8) is 0 Å². The summed E-state index contributed by atoms with van der Waals surface area (Å²) in [5.41, 5.74) is 3.11. The fraction of sp³-hybridized carbons (Fsp3) is 0.154. The van der Waals surface area contributed by atoms with Crippen molar-refractivity contribution in [2.45, 2.75) is 13.5 Å². The fourth-order valence-electron chi connectivity index (χ4n) is 3.73. The summed E-state index contributed by atoms with van der Waals surface area (Å²) in [6.07, 6.45) is 0. The molecule has 4 aromatic rings. The van der Waals surface area contributed by atoms with Gasteiger partial charge in [-0.2, -0.15) is 0 Å². The molecule has 32 heavy (non-hydrogen) atoms. The van der Waals surface area contributed by atoms with Gasteiger partial charge in [-0.3, -0.25) is 9.59 Å². The van der Waals surface area contributed by atoms with Gasteiger partial charge in [0.1, 0.15) is 11.5 Å². The van der Waals surface area contributed by atoms with Gasteiger partial charge in [-0.05, 0) is 60.3 Å². The third-order valence-electron chi connectivity index (χ3n) is 5.46. The average Bonchev–Trinajstić information content (AvgIpc) is 2.83. The van der Waals surface area contributed by atoms with E-state index in [9.17, 15) is 9.59 Å². The van der Waals surface area contributed by atoms with Crippen molar-refractivity contribution in [1.29, 1.82) is 0 Å². The maximum Gasteiger partial charge on any atom is 0.262 e. The Hall–Kier alpha value is -4.06. The lowest BCUT2D eigenvalue weighted by Gasteiger charge is -2.24. The zero-order valence-corrected chi connectivity index (χ0v) is 18.2. The number of para-hydroxylation sites is 2. The fourth-order valence-corrected chi connectivity index (χ4v) is 3.73. The Bertz CT molecular complexity index is 1330. The standard InChI is InChI=1S/C26H24N2O4/c1-17-7-6-8-18-15-19(25(29)27-24(17)18)16-28(20-11-13-21(31-2)14-12-20)26(30)22-9-4-5-10-23(22)32-3/h4-15H,16H2,1-3H3,(H,27,29). The number of hydrogen-bond acceptors (Lipinski definition) is 4. The van der Waals surface area contributed by atoms with Gasteiger partial charge in [0.15, 0.2) is 0 Å². The molecule has 6 heteroatoms. The molecule has 0 aliphatic carbocycles. The van der Waals surface area contributed by atoms with Crippen molar-refractivity contribution in [3.8, 4) is 11.5 Å². The minimum Gasteiger partial charge on any atom is -0.497 e. The third kappa shape index (κ3) is 4.07. The smallest absolute Gasteiger partial charge is 0.262 e. The molecule has 0 bridgehead atoms. The first-order valence-electron chi connectivity index (χ1n) is 10.2. The minimum absolute atomic E-state index is 0.0996. The van der Waals surface area contributed by atoms with Crippen molar-refractivity contribution in [2.75, 3.05) is 19.1 Å². The molecule has 1 aromatic heterocycles. The number of aryl methyl sites for hydroxylation is 1. The highest BCUT2D eigenvalue weighted by Gasteiger charge is 2.22. The molecule has 6 nitrogen and oxygen atoms in total. The number of carbonyl (C=O) groups excluding carboxylic acids is 1. The average molecular weight is 428 g/mol. The highest BCUT2D eigenvalue weighted by atomic mass is 16.5. The van der Waals surface area contributed by atoms with Gasteiger partial charge in [0.25, 0.3) is 11.5 Å². The van der Waals surface area contributed by atoms with E-state index in [1.807, 2.05) is 37.3 Å². The number of rotatable bonds is 6. The Morgan fingerprint density at radius 1 is 0.938 bits per heavy atom. The second kappa shape index (κ2) is 8.98. The first kappa shape index (κ1) is 21.2. The molecule has 1 heterocycles. The van der Waals surface area contributed by atoms with Crippen LogP contribution in [0, 0.1) is 6.92 Å². The summed E-state index contributed by atoms with van der Waals surface area (Å²) in [6, 6.07) is 21.9. The van der Waals surface area contributed by atoms with Gasteiger partial charge < -0.3 is 19.4 Å². The molecular formula is C26H24N2O4. The molecule has 0 unspecified atom stereocenters. The Balaban J connectivity index is 1.80. The Labute approximate surface area is 186 Å². The van der Waals surface area contributed by atoms with E-state index in [2.05, 4.69) is 4.98 Å². The van der Waals surface area contributed by atoms with Gasteiger partial charge in [-0.25, -0.2) is 0 Å². The largest absolute Gasteiger partial charge is 0.497 e. The summed E-state index contributed by atoms with van der Waals surface area (Å²) in [5.74, 6) is 0.882. The van der Waals surface area contributed by atoms with Crippen LogP contribution in [-0.2, 0) is 6.54 Å². The number of fused-ring (bicyclic) bond motifs is 1. The number of carbonyl (C=O) groups is 1. The first-order chi connectivity index (χ1) is 15.5. The van der Waals surface area contributed by atoms with E-state index < -0.39 is 0 Å². The topological polar surface area (TPSA) is 71.6 Å². The molecule has 1 amide bonds. The minimum atomic E-state index is -0.267. The zero-order valence-electron chi connectivity index (χ0n) is 18.2. The summed E-state index contributed by atoms with van der Waals surface area (Å²) >= 11 is 0. The molecule has 1 N–H and O–H groups in total. The van der Waals surface area contributed by atoms with Crippen LogP contribution in [0.4, 0.5) is 5.69 Å². The van der Waals surface area contributed by atoms with Gasteiger partial charge in [0, 0.05) is 11.3 Å². The molecule has 0 spiro atoms. The van der Waals surface area contributed by atoms with Crippen molar-refractivity contribution in [3.05, 3.63) is 99.8 Å². The Kier molecular flexibility index (Phi) is 5.94. The van der Waals surface area contributed by atoms with Crippen molar-refractivity contribution >= 4 is 22.5 Å². The zero-order chi connectivity index (χ0) is 22.7. The van der Waals surface area contributed by atoms with Gasteiger partial charge >= 0.3 is 0 Å². The lowest BCUT2D eigenvalue weighted by atomic mass is 10.1. The summed E-state index contributed by atoms with van der Waals surface area (Å²) in [4.78, 5) is 31.0. The number of methoxy groups -OCH3 is 2. The maximum absolute atomic E-state index is 13.6. The first-order valence-corrected chi connectivity index (χ1v) is 10.2. The number of anilines is 1. The molecule has 4 rings (SSSR count). The molecular weight excluding hydrogens is 404 g/mol. The highest BCUT2D eigenvalue weighted by molar-refractivity contribution is 6.07. The van der Waals surface area contributed by atoms with Crippen LogP contribution in [0.5, 0.6) is 11.5 Å². The quantitative estimate of drug-likeness (QED) is 0.483. The Morgan fingerprint density at radius 3 is 2.41 bits per heavy atom. The van der Waals surface area contributed by atoms with Gasteiger partial charge in [0.2, 0.25) is 0 Å². The molecule has 0 fully saturated rings. The summed E-state index contributed by atoms with van der Waals surface area (Å²) in [6.45, 7) is 2.05. The number of nitrogens with zero attached hydrogens (tertiary/aromatic N) is 1. The summed E-state index contributed by atoms with van der Waals surface area (Å²) < 4.78 is 10.6. The van der Waals surface area contributed by atoms with E-state index in [1.165, 1.54) is 7.11 Å². The molecule has 0 aliphatic rings. The number of amides is 1. The van der Waals surface area contributed by atoms with E-state index in [-0.39, 0.29) is 18.0 Å². The number of aromatic amines is 1. The van der Waals surface area contributed by atoms with Crippen LogP contribution in [0.2, 0.25) is 0 Å².